The zero-order valence-corrected chi connectivity index (χ0v) is 11.2. The lowest BCUT2D eigenvalue weighted by atomic mass is 10.3. The van der Waals surface area contributed by atoms with Gasteiger partial charge in [-0.15, -0.1) is 0 Å². The van der Waals surface area contributed by atoms with E-state index in [4.69, 9.17) is 14.2 Å². The van der Waals surface area contributed by atoms with Crippen LogP contribution in [0.3, 0.4) is 0 Å². The summed E-state index contributed by atoms with van der Waals surface area (Å²) >= 11 is 0. The van der Waals surface area contributed by atoms with Crippen molar-refractivity contribution in [3.63, 3.8) is 0 Å². The van der Waals surface area contributed by atoms with Crippen molar-refractivity contribution >= 4 is 0 Å². The molecule has 0 amide bonds. The normalized spacial score (nSPS) is 18.0. The lowest BCUT2D eigenvalue weighted by Gasteiger charge is -2.28. The van der Waals surface area contributed by atoms with Crippen molar-refractivity contribution in [3.05, 3.63) is 24.3 Å². The topological polar surface area (TPSA) is 51.2 Å². The van der Waals surface area contributed by atoms with E-state index in [2.05, 4.69) is 4.90 Å². The fourth-order valence-corrected chi connectivity index (χ4v) is 2.00. The maximum Gasteiger partial charge on any atom is 0.119 e. The van der Waals surface area contributed by atoms with Crippen LogP contribution < -0.4 is 9.47 Å². The monoisotopic (exact) mass is 267 g/mol. The molecule has 0 unspecified atom stereocenters. The second kappa shape index (κ2) is 7.33. The van der Waals surface area contributed by atoms with Gasteiger partial charge in [0.1, 0.15) is 24.2 Å². The van der Waals surface area contributed by atoms with E-state index in [0.29, 0.717) is 13.2 Å². The number of ether oxygens (including phenoxy) is 3. The van der Waals surface area contributed by atoms with Gasteiger partial charge in [-0.25, -0.2) is 0 Å². The van der Waals surface area contributed by atoms with Gasteiger partial charge in [0.25, 0.3) is 0 Å². The second-order valence-corrected chi connectivity index (χ2v) is 4.55. The summed E-state index contributed by atoms with van der Waals surface area (Å²) in [5.74, 6) is 1.53. The smallest absolute Gasteiger partial charge is 0.119 e. The molecule has 1 aromatic rings. The Bertz CT molecular complexity index is 362. The Labute approximate surface area is 113 Å². The average molecular weight is 267 g/mol. The van der Waals surface area contributed by atoms with Gasteiger partial charge in [-0.3, -0.25) is 4.90 Å². The molecule has 1 aliphatic heterocycles. The Morgan fingerprint density at radius 2 is 1.84 bits per heavy atom. The van der Waals surface area contributed by atoms with Crippen molar-refractivity contribution in [2.75, 3.05) is 46.6 Å². The molecule has 0 aliphatic carbocycles. The molecule has 0 saturated carbocycles. The van der Waals surface area contributed by atoms with Gasteiger partial charge < -0.3 is 19.3 Å². The Morgan fingerprint density at radius 1 is 1.21 bits per heavy atom. The lowest BCUT2D eigenvalue weighted by molar-refractivity contribution is 0.00465. The van der Waals surface area contributed by atoms with E-state index in [1.165, 1.54) is 0 Å². The van der Waals surface area contributed by atoms with Crippen molar-refractivity contribution in [1.82, 2.24) is 4.90 Å². The average Bonchev–Trinajstić information content (AvgIpc) is 2.47. The molecule has 1 atom stereocenters. The Morgan fingerprint density at radius 3 is 2.47 bits per heavy atom. The van der Waals surface area contributed by atoms with Gasteiger partial charge in [-0.1, -0.05) is 0 Å². The minimum absolute atomic E-state index is 0.295. The molecule has 0 aromatic heterocycles. The third-order valence-electron chi connectivity index (χ3n) is 3.07. The van der Waals surface area contributed by atoms with Gasteiger partial charge in [0, 0.05) is 19.6 Å². The summed E-state index contributed by atoms with van der Waals surface area (Å²) in [6.07, 6.45) is -0.486. The highest BCUT2D eigenvalue weighted by atomic mass is 16.5. The highest BCUT2D eigenvalue weighted by Gasteiger charge is 2.15. The van der Waals surface area contributed by atoms with Crippen LogP contribution in [0.5, 0.6) is 11.5 Å². The van der Waals surface area contributed by atoms with Crippen molar-refractivity contribution in [2.45, 2.75) is 6.10 Å². The first kappa shape index (κ1) is 14.1. The van der Waals surface area contributed by atoms with Crippen molar-refractivity contribution < 1.29 is 19.3 Å². The number of hydrogen-bond donors (Lipinski definition) is 1. The molecule has 1 heterocycles. The molecule has 19 heavy (non-hydrogen) atoms. The SMILES string of the molecule is COc1ccc(OC[C@@H](O)CN2CCOCC2)cc1. The summed E-state index contributed by atoms with van der Waals surface area (Å²) in [5.41, 5.74) is 0. The molecule has 0 radical (unpaired) electrons. The molecule has 0 spiro atoms. The molecule has 1 N–H and O–H groups in total. The molecule has 1 saturated heterocycles. The van der Waals surface area contributed by atoms with Gasteiger partial charge in [0.15, 0.2) is 0 Å². The summed E-state index contributed by atoms with van der Waals surface area (Å²) in [6, 6.07) is 7.34. The predicted molar refractivity (Wildman–Crippen MR) is 71.8 cm³/mol. The van der Waals surface area contributed by atoms with Crippen molar-refractivity contribution in [1.29, 1.82) is 0 Å². The second-order valence-electron chi connectivity index (χ2n) is 4.55. The van der Waals surface area contributed by atoms with E-state index < -0.39 is 6.10 Å². The van der Waals surface area contributed by atoms with Crippen LogP contribution in [0.4, 0.5) is 0 Å². The first-order valence-electron chi connectivity index (χ1n) is 6.53. The molecule has 1 fully saturated rings. The van der Waals surface area contributed by atoms with Gasteiger partial charge in [0.2, 0.25) is 0 Å². The molecule has 5 nitrogen and oxygen atoms in total. The van der Waals surface area contributed by atoms with E-state index in [9.17, 15) is 5.11 Å². The number of nitrogens with zero attached hydrogens (tertiary/aromatic N) is 1. The maximum absolute atomic E-state index is 9.93. The van der Waals surface area contributed by atoms with Crippen LogP contribution in [-0.2, 0) is 4.74 Å². The fraction of sp³-hybridized carbons (Fsp3) is 0.571. The minimum atomic E-state index is -0.486. The largest absolute Gasteiger partial charge is 0.497 e. The zero-order valence-electron chi connectivity index (χ0n) is 11.2. The number of hydrogen-bond acceptors (Lipinski definition) is 5. The Hall–Kier alpha value is -1.30. The number of β-amino-alcohol motifs (C(OH)–C–C–N with tert-alkyl or cyclic N) is 1. The molecule has 2 rings (SSSR count). The van der Waals surface area contributed by atoms with Crippen LogP contribution in [0.15, 0.2) is 24.3 Å². The van der Waals surface area contributed by atoms with E-state index >= 15 is 0 Å². The lowest BCUT2D eigenvalue weighted by Crippen LogP contribution is -2.42. The van der Waals surface area contributed by atoms with Crippen LogP contribution in [0, 0.1) is 0 Å². The van der Waals surface area contributed by atoms with Crippen LogP contribution in [-0.4, -0.2) is 62.7 Å². The van der Waals surface area contributed by atoms with Crippen molar-refractivity contribution in [2.24, 2.45) is 0 Å². The van der Waals surface area contributed by atoms with Crippen molar-refractivity contribution in [3.8, 4) is 11.5 Å². The first-order chi connectivity index (χ1) is 9.28. The standard InChI is InChI=1S/C14H21NO4/c1-17-13-2-4-14(5-3-13)19-11-12(16)10-15-6-8-18-9-7-15/h2-5,12,16H,6-11H2,1H3/t12-/m0/s1. The Kier molecular flexibility index (Phi) is 5.44. The molecule has 0 bridgehead atoms. The molecular formula is C14H21NO4. The number of aliphatic hydroxyl groups excluding tert-OH is 1. The summed E-state index contributed by atoms with van der Waals surface area (Å²) in [4.78, 5) is 2.19. The highest BCUT2D eigenvalue weighted by molar-refractivity contribution is 5.31. The van der Waals surface area contributed by atoms with E-state index in [0.717, 1.165) is 37.8 Å². The fourth-order valence-electron chi connectivity index (χ4n) is 2.00. The van der Waals surface area contributed by atoms with E-state index in [-0.39, 0.29) is 0 Å². The number of aliphatic hydroxyl groups is 1. The molecule has 1 aromatic carbocycles. The van der Waals surface area contributed by atoms with Crippen LogP contribution in [0.1, 0.15) is 0 Å². The number of rotatable bonds is 6. The number of methoxy groups -OCH3 is 1. The third-order valence-corrected chi connectivity index (χ3v) is 3.07. The molecular weight excluding hydrogens is 246 g/mol. The summed E-state index contributed by atoms with van der Waals surface area (Å²) < 4.78 is 15.9. The quantitative estimate of drug-likeness (QED) is 0.825. The van der Waals surface area contributed by atoms with Crippen LogP contribution in [0.2, 0.25) is 0 Å². The van der Waals surface area contributed by atoms with E-state index in [1.54, 1.807) is 7.11 Å². The van der Waals surface area contributed by atoms with Gasteiger partial charge in [0.05, 0.1) is 20.3 Å². The van der Waals surface area contributed by atoms with Gasteiger partial charge >= 0.3 is 0 Å². The summed E-state index contributed by atoms with van der Waals surface area (Å²) in [7, 11) is 1.63. The van der Waals surface area contributed by atoms with E-state index in [1.807, 2.05) is 24.3 Å². The molecule has 106 valence electrons. The third kappa shape index (κ3) is 4.70. The minimum Gasteiger partial charge on any atom is -0.497 e. The zero-order chi connectivity index (χ0) is 13.5. The molecule has 5 heteroatoms. The van der Waals surface area contributed by atoms with Gasteiger partial charge in [-0.05, 0) is 24.3 Å². The van der Waals surface area contributed by atoms with Crippen LogP contribution >= 0.6 is 0 Å². The van der Waals surface area contributed by atoms with Gasteiger partial charge in [-0.2, -0.15) is 0 Å². The number of benzene rings is 1. The maximum atomic E-state index is 9.93. The predicted octanol–water partition coefficient (Wildman–Crippen LogP) is 0.767. The molecule has 1 aliphatic rings. The summed E-state index contributed by atoms with van der Waals surface area (Å²) in [5, 5.41) is 9.93. The summed E-state index contributed by atoms with van der Waals surface area (Å²) in [6.45, 7) is 4.15. The highest BCUT2D eigenvalue weighted by Crippen LogP contribution is 2.17. The first-order valence-corrected chi connectivity index (χ1v) is 6.53. The van der Waals surface area contributed by atoms with Crippen LogP contribution in [0.25, 0.3) is 0 Å². The number of morpholine rings is 1. The Balaban J connectivity index is 1.71.